The number of nitro groups is 1. The average molecular weight is 323 g/mol. The fourth-order valence-electron chi connectivity index (χ4n) is 1.93. The molecule has 0 aromatic heterocycles. The SMILES string of the molecule is Cc1ccc(NC(=O)/C(C#N)=C/c2ccc(O)c([N+](=O)[O-])c2)cc1. The number of nitrogens with zero attached hydrogens (tertiary/aromatic N) is 2. The number of nitro benzene ring substituents is 1. The predicted molar refractivity (Wildman–Crippen MR) is 88.2 cm³/mol. The Balaban J connectivity index is 2.27. The van der Waals surface area contributed by atoms with Crippen molar-refractivity contribution in [2.75, 3.05) is 5.32 Å². The maximum absolute atomic E-state index is 12.1. The Morgan fingerprint density at radius 3 is 2.54 bits per heavy atom. The van der Waals surface area contributed by atoms with Gasteiger partial charge in [0.25, 0.3) is 5.91 Å². The third kappa shape index (κ3) is 3.96. The van der Waals surface area contributed by atoms with E-state index in [4.69, 9.17) is 5.26 Å². The number of hydrogen-bond donors (Lipinski definition) is 2. The van der Waals surface area contributed by atoms with Gasteiger partial charge in [-0.1, -0.05) is 23.8 Å². The molecule has 0 fully saturated rings. The Bertz CT molecular complexity index is 864. The van der Waals surface area contributed by atoms with Gasteiger partial charge in [-0.3, -0.25) is 14.9 Å². The molecule has 7 heteroatoms. The number of anilines is 1. The van der Waals surface area contributed by atoms with Gasteiger partial charge in [0.1, 0.15) is 11.6 Å². The number of nitrogens with one attached hydrogen (secondary N) is 1. The van der Waals surface area contributed by atoms with Gasteiger partial charge in [0.15, 0.2) is 5.75 Å². The number of aryl methyl sites for hydroxylation is 1. The standard InChI is InChI=1S/C17H13N3O4/c1-11-2-5-14(6-3-11)19-17(22)13(10-18)8-12-4-7-16(21)15(9-12)20(23)24/h2-9,21H,1H3,(H,19,22)/b13-8+. The molecule has 0 saturated heterocycles. The van der Waals surface area contributed by atoms with Crippen LogP contribution in [0.2, 0.25) is 0 Å². The largest absolute Gasteiger partial charge is 0.502 e. The summed E-state index contributed by atoms with van der Waals surface area (Å²) >= 11 is 0. The van der Waals surface area contributed by atoms with Gasteiger partial charge >= 0.3 is 5.69 Å². The van der Waals surface area contributed by atoms with Crippen LogP contribution in [0.1, 0.15) is 11.1 Å². The van der Waals surface area contributed by atoms with Crippen molar-refractivity contribution in [1.29, 1.82) is 5.26 Å². The molecule has 24 heavy (non-hydrogen) atoms. The molecule has 0 aliphatic carbocycles. The minimum absolute atomic E-state index is 0.212. The number of hydrogen-bond acceptors (Lipinski definition) is 5. The number of rotatable bonds is 4. The first-order valence-corrected chi connectivity index (χ1v) is 6.88. The summed E-state index contributed by atoms with van der Waals surface area (Å²) in [6.45, 7) is 1.91. The van der Waals surface area contributed by atoms with Crippen molar-refractivity contribution in [3.63, 3.8) is 0 Å². The Kier molecular flexibility index (Phi) is 4.92. The van der Waals surface area contributed by atoms with Crippen molar-refractivity contribution in [3.8, 4) is 11.8 Å². The van der Waals surface area contributed by atoms with Crippen LogP contribution >= 0.6 is 0 Å². The number of nitriles is 1. The van der Waals surface area contributed by atoms with Crippen LogP contribution < -0.4 is 5.32 Å². The smallest absolute Gasteiger partial charge is 0.311 e. The molecule has 2 rings (SSSR count). The molecule has 0 heterocycles. The van der Waals surface area contributed by atoms with Gasteiger partial charge in [-0.05, 0) is 36.8 Å². The molecular weight excluding hydrogens is 310 g/mol. The number of benzene rings is 2. The zero-order valence-electron chi connectivity index (χ0n) is 12.7. The first-order valence-electron chi connectivity index (χ1n) is 6.88. The van der Waals surface area contributed by atoms with E-state index in [9.17, 15) is 20.0 Å². The summed E-state index contributed by atoms with van der Waals surface area (Å²) in [5.74, 6) is -1.11. The Morgan fingerprint density at radius 1 is 1.29 bits per heavy atom. The van der Waals surface area contributed by atoms with E-state index in [2.05, 4.69) is 5.32 Å². The van der Waals surface area contributed by atoms with Crippen LogP contribution in [-0.2, 0) is 4.79 Å². The van der Waals surface area contributed by atoms with Gasteiger partial charge in [0.05, 0.1) is 4.92 Å². The van der Waals surface area contributed by atoms with Gasteiger partial charge in [0, 0.05) is 11.8 Å². The molecule has 0 spiro atoms. The molecule has 7 nitrogen and oxygen atoms in total. The second-order valence-corrected chi connectivity index (χ2v) is 5.00. The van der Waals surface area contributed by atoms with E-state index in [1.54, 1.807) is 18.2 Å². The van der Waals surface area contributed by atoms with Crippen molar-refractivity contribution < 1.29 is 14.8 Å². The zero-order valence-corrected chi connectivity index (χ0v) is 12.7. The van der Waals surface area contributed by atoms with Crippen molar-refractivity contribution >= 4 is 23.4 Å². The molecule has 2 aromatic rings. The molecule has 0 saturated carbocycles. The van der Waals surface area contributed by atoms with Gasteiger partial charge in [-0.2, -0.15) is 5.26 Å². The minimum Gasteiger partial charge on any atom is -0.502 e. The highest BCUT2D eigenvalue weighted by Crippen LogP contribution is 2.27. The van der Waals surface area contributed by atoms with Crippen LogP contribution in [0.25, 0.3) is 6.08 Å². The lowest BCUT2D eigenvalue weighted by Crippen LogP contribution is -2.13. The van der Waals surface area contributed by atoms with Crippen LogP contribution in [-0.4, -0.2) is 15.9 Å². The summed E-state index contributed by atoms with van der Waals surface area (Å²) in [7, 11) is 0. The third-order valence-electron chi connectivity index (χ3n) is 3.18. The van der Waals surface area contributed by atoms with Crippen LogP contribution in [0, 0.1) is 28.4 Å². The Labute approximate surface area is 137 Å². The fraction of sp³-hybridized carbons (Fsp3) is 0.0588. The normalized spacial score (nSPS) is 10.8. The van der Waals surface area contributed by atoms with Gasteiger partial charge < -0.3 is 10.4 Å². The molecule has 1 amide bonds. The van der Waals surface area contributed by atoms with Crippen LogP contribution in [0.3, 0.4) is 0 Å². The first-order chi connectivity index (χ1) is 11.4. The van der Waals surface area contributed by atoms with Gasteiger partial charge in [0.2, 0.25) is 0 Å². The van der Waals surface area contributed by atoms with Crippen LogP contribution in [0.5, 0.6) is 5.75 Å². The molecule has 2 N–H and O–H groups in total. The summed E-state index contributed by atoms with van der Waals surface area (Å²) in [6.07, 6.45) is 1.22. The quantitative estimate of drug-likeness (QED) is 0.388. The number of carbonyl (C=O) groups excluding carboxylic acids is 1. The molecule has 120 valence electrons. The summed E-state index contributed by atoms with van der Waals surface area (Å²) in [4.78, 5) is 22.2. The molecular formula is C17H13N3O4. The number of aromatic hydroxyl groups is 1. The summed E-state index contributed by atoms with van der Waals surface area (Å²) in [6, 6.07) is 12.4. The molecule has 2 aromatic carbocycles. The van der Waals surface area contributed by atoms with E-state index in [0.717, 1.165) is 17.7 Å². The zero-order chi connectivity index (χ0) is 17.7. The lowest BCUT2D eigenvalue weighted by Gasteiger charge is -2.05. The number of phenolic OH excluding ortho intramolecular Hbond substituents is 1. The molecule has 0 radical (unpaired) electrons. The van der Waals surface area contributed by atoms with Gasteiger partial charge in [-0.25, -0.2) is 0 Å². The molecule has 0 unspecified atom stereocenters. The topological polar surface area (TPSA) is 116 Å². The monoisotopic (exact) mass is 323 g/mol. The third-order valence-corrected chi connectivity index (χ3v) is 3.18. The lowest BCUT2D eigenvalue weighted by molar-refractivity contribution is -0.385. The number of phenols is 1. The second-order valence-electron chi connectivity index (χ2n) is 5.00. The first kappa shape index (κ1) is 16.7. The van der Waals surface area contributed by atoms with Crippen molar-refractivity contribution in [2.45, 2.75) is 6.92 Å². The molecule has 0 atom stereocenters. The Hall–Kier alpha value is -3.66. The van der Waals surface area contributed by atoms with Crippen LogP contribution in [0.4, 0.5) is 11.4 Å². The average Bonchev–Trinajstić information content (AvgIpc) is 2.55. The van der Waals surface area contributed by atoms with E-state index in [1.807, 2.05) is 19.1 Å². The lowest BCUT2D eigenvalue weighted by atomic mass is 10.1. The maximum Gasteiger partial charge on any atom is 0.311 e. The van der Waals surface area contributed by atoms with E-state index >= 15 is 0 Å². The van der Waals surface area contributed by atoms with Crippen LogP contribution in [0.15, 0.2) is 48.0 Å². The highest BCUT2D eigenvalue weighted by atomic mass is 16.6. The van der Waals surface area contributed by atoms with Crippen molar-refractivity contribution in [2.24, 2.45) is 0 Å². The fourth-order valence-corrected chi connectivity index (χ4v) is 1.93. The summed E-state index contributed by atoms with van der Waals surface area (Å²) in [5.41, 5.74) is 1.11. The van der Waals surface area contributed by atoms with Crippen molar-refractivity contribution in [1.82, 2.24) is 0 Å². The summed E-state index contributed by atoms with van der Waals surface area (Å²) < 4.78 is 0. The highest BCUT2D eigenvalue weighted by Gasteiger charge is 2.15. The van der Waals surface area contributed by atoms with E-state index in [1.165, 1.54) is 12.1 Å². The maximum atomic E-state index is 12.1. The predicted octanol–water partition coefficient (Wildman–Crippen LogP) is 3.15. The van der Waals surface area contributed by atoms with Crippen molar-refractivity contribution in [3.05, 3.63) is 69.3 Å². The van der Waals surface area contributed by atoms with E-state index in [0.29, 0.717) is 5.69 Å². The Morgan fingerprint density at radius 2 is 1.96 bits per heavy atom. The second kappa shape index (κ2) is 7.07. The molecule has 0 aliphatic heterocycles. The number of carbonyl (C=O) groups is 1. The number of amides is 1. The van der Waals surface area contributed by atoms with E-state index in [-0.39, 0.29) is 11.1 Å². The highest BCUT2D eigenvalue weighted by molar-refractivity contribution is 6.09. The molecule has 0 bridgehead atoms. The summed E-state index contributed by atoms with van der Waals surface area (Å²) in [5, 5.41) is 32.0. The molecule has 0 aliphatic rings. The van der Waals surface area contributed by atoms with Gasteiger partial charge in [-0.15, -0.1) is 0 Å². The minimum atomic E-state index is -0.745. The van der Waals surface area contributed by atoms with E-state index < -0.39 is 22.3 Å².